The highest BCUT2D eigenvalue weighted by molar-refractivity contribution is 5.83. The highest BCUT2D eigenvalue weighted by Crippen LogP contribution is 2.32. The number of hydrogen-bond donors (Lipinski definition) is 1. The molecule has 0 amide bonds. The van der Waals surface area contributed by atoms with Crippen molar-refractivity contribution in [2.75, 3.05) is 14.2 Å². The molecule has 0 spiro atoms. The Kier molecular flexibility index (Phi) is 5.00. The summed E-state index contributed by atoms with van der Waals surface area (Å²) in [5, 5.41) is 9.54. The van der Waals surface area contributed by atoms with Crippen molar-refractivity contribution < 1.29 is 28.5 Å². The summed E-state index contributed by atoms with van der Waals surface area (Å²) < 4.78 is 21.6. The molecule has 7 nitrogen and oxygen atoms in total. The zero-order valence-electron chi connectivity index (χ0n) is 15.9. The van der Waals surface area contributed by atoms with Gasteiger partial charge in [0.15, 0.2) is 22.5 Å². The van der Waals surface area contributed by atoms with Gasteiger partial charge in [-0.05, 0) is 43.7 Å². The Labute approximate surface area is 161 Å². The van der Waals surface area contributed by atoms with Gasteiger partial charge in [0.05, 0.1) is 25.2 Å². The van der Waals surface area contributed by atoms with Gasteiger partial charge in [-0.3, -0.25) is 4.79 Å². The standard InChI is InChI=1S/C21H20O7/c1-21(2,20(23)24)28-13-6-7-14-17(10-13)27-11-15(19(14)22)12-5-8-16(25-3)18(9-12)26-4/h5-11H,1-4H3,(H,23,24). The molecule has 3 aromatic rings. The summed E-state index contributed by atoms with van der Waals surface area (Å²) in [5.41, 5.74) is -0.341. The number of carbonyl (C=O) groups is 1. The van der Waals surface area contributed by atoms with Crippen LogP contribution in [0.5, 0.6) is 17.2 Å². The van der Waals surface area contributed by atoms with Crippen molar-refractivity contribution in [1.82, 2.24) is 0 Å². The SMILES string of the molecule is COc1ccc(-c2coc3cc(OC(C)(C)C(=O)O)ccc3c2=O)cc1OC. The average molecular weight is 384 g/mol. The lowest BCUT2D eigenvalue weighted by Crippen LogP contribution is -2.37. The van der Waals surface area contributed by atoms with E-state index in [-0.39, 0.29) is 5.43 Å². The van der Waals surface area contributed by atoms with E-state index in [9.17, 15) is 14.7 Å². The topological polar surface area (TPSA) is 95.2 Å². The quantitative estimate of drug-likeness (QED) is 0.692. The molecular formula is C21H20O7. The summed E-state index contributed by atoms with van der Waals surface area (Å²) in [6.07, 6.45) is 1.36. The molecule has 28 heavy (non-hydrogen) atoms. The first-order valence-corrected chi connectivity index (χ1v) is 8.47. The predicted octanol–water partition coefficient (Wildman–Crippen LogP) is 3.72. The normalized spacial score (nSPS) is 11.3. The molecule has 1 aromatic heterocycles. The van der Waals surface area contributed by atoms with Crippen molar-refractivity contribution in [1.29, 1.82) is 0 Å². The fourth-order valence-electron chi connectivity index (χ4n) is 2.71. The van der Waals surface area contributed by atoms with Crippen LogP contribution in [0.15, 0.2) is 51.9 Å². The van der Waals surface area contributed by atoms with Gasteiger partial charge in [-0.25, -0.2) is 4.79 Å². The van der Waals surface area contributed by atoms with Crippen LogP contribution >= 0.6 is 0 Å². The number of hydrogen-bond acceptors (Lipinski definition) is 6. The Morgan fingerprint density at radius 3 is 2.39 bits per heavy atom. The predicted molar refractivity (Wildman–Crippen MR) is 103 cm³/mol. The average Bonchev–Trinajstić information content (AvgIpc) is 2.67. The van der Waals surface area contributed by atoms with Crippen molar-refractivity contribution >= 4 is 16.9 Å². The zero-order valence-corrected chi connectivity index (χ0v) is 15.9. The van der Waals surface area contributed by atoms with Crippen molar-refractivity contribution in [3.63, 3.8) is 0 Å². The van der Waals surface area contributed by atoms with Crippen LogP contribution in [0.1, 0.15) is 13.8 Å². The molecule has 1 heterocycles. The smallest absolute Gasteiger partial charge is 0.347 e. The second-order valence-electron chi connectivity index (χ2n) is 6.62. The maximum absolute atomic E-state index is 12.9. The molecule has 0 bridgehead atoms. The molecule has 0 aliphatic heterocycles. The maximum Gasteiger partial charge on any atom is 0.347 e. The number of rotatable bonds is 6. The molecular weight excluding hydrogens is 364 g/mol. The van der Waals surface area contributed by atoms with E-state index in [0.717, 1.165) is 0 Å². The van der Waals surface area contributed by atoms with E-state index in [4.69, 9.17) is 18.6 Å². The van der Waals surface area contributed by atoms with Gasteiger partial charge in [-0.1, -0.05) is 6.07 Å². The van der Waals surface area contributed by atoms with E-state index >= 15 is 0 Å². The molecule has 146 valence electrons. The van der Waals surface area contributed by atoms with Crippen LogP contribution in [0.25, 0.3) is 22.1 Å². The van der Waals surface area contributed by atoms with Gasteiger partial charge in [-0.15, -0.1) is 0 Å². The molecule has 2 aromatic carbocycles. The maximum atomic E-state index is 12.9. The Morgan fingerprint density at radius 2 is 1.75 bits per heavy atom. The van der Waals surface area contributed by atoms with Crippen molar-refractivity contribution in [2.45, 2.75) is 19.4 Å². The summed E-state index contributed by atoms with van der Waals surface area (Å²) in [4.78, 5) is 24.1. The lowest BCUT2D eigenvalue weighted by Gasteiger charge is -2.21. The molecule has 0 unspecified atom stereocenters. The minimum atomic E-state index is -1.41. The number of benzene rings is 2. The molecule has 7 heteroatoms. The lowest BCUT2D eigenvalue weighted by atomic mass is 10.0. The van der Waals surface area contributed by atoms with Crippen LogP contribution in [0.3, 0.4) is 0 Å². The molecule has 0 atom stereocenters. The number of ether oxygens (including phenoxy) is 3. The summed E-state index contributed by atoms with van der Waals surface area (Å²) in [6, 6.07) is 9.75. The monoisotopic (exact) mass is 384 g/mol. The van der Waals surface area contributed by atoms with Gasteiger partial charge < -0.3 is 23.7 Å². The molecule has 1 N–H and O–H groups in total. The molecule has 0 radical (unpaired) electrons. The highest BCUT2D eigenvalue weighted by atomic mass is 16.5. The third kappa shape index (κ3) is 3.51. The first-order valence-electron chi connectivity index (χ1n) is 8.47. The van der Waals surface area contributed by atoms with E-state index < -0.39 is 11.6 Å². The molecule has 0 aliphatic carbocycles. The number of carboxylic acid groups (broad SMARTS) is 1. The minimum absolute atomic E-state index is 0.225. The van der Waals surface area contributed by atoms with Crippen LogP contribution in [-0.4, -0.2) is 30.9 Å². The van der Waals surface area contributed by atoms with Crippen molar-refractivity contribution in [3.05, 3.63) is 52.9 Å². The van der Waals surface area contributed by atoms with Crippen molar-refractivity contribution in [2.24, 2.45) is 0 Å². The van der Waals surface area contributed by atoms with E-state index in [1.165, 1.54) is 40.4 Å². The van der Waals surface area contributed by atoms with Gasteiger partial charge in [0.1, 0.15) is 17.6 Å². The first kappa shape index (κ1) is 19.3. The van der Waals surface area contributed by atoms with Gasteiger partial charge in [0, 0.05) is 6.07 Å². The summed E-state index contributed by atoms with van der Waals surface area (Å²) in [7, 11) is 3.05. The molecule has 0 aliphatic rings. The number of methoxy groups -OCH3 is 2. The van der Waals surface area contributed by atoms with E-state index in [1.54, 1.807) is 30.3 Å². The summed E-state index contributed by atoms with van der Waals surface area (Å²) >= 11 is 0. The lowest BCUT2D eigenvalue weighted by molar-refractivity contribution is -0.152. The molecule has 0 saturated heterocycles. The summed E-state index contributed by atoms with van der Waals surface area (Å²) in [5.74, 6) is 0.248. The number of fused-ring (bicyclic) bond motifs is 1. The van der Waals surface area contributed by atoms with Crippen molar-refractivity contribution in [3.8, 4) is 28.4 Å². The Hall–Kier alpha value is -3.48. The molecule has 3 rings (SSSR count). The highest BCUT2D eigenvalue weighted by Gasteiger charge is 2.29. The van der Waals surface area contributed by atoms with Crippen LogP contribution in [0, 0.1) is 0 Å². The van der Waals surface area contributed by atoms with E-state index in [1.807, 2.05) is 0 Å². The Balaban J connectivity index is 2.04. The van der Waals surface area contributed by atoms with Gasteiger partial charge in [0.2, 0.25) is 0 Å². The number of carboxylic acids is 1. The van der Waals surface area contributed by atoms with Gasteiger partial charge in [0.25, 0.3) is 0 Å². The van der Waals surface area contributed by atoms with Gasteiger partial charge in [-0.2, -0.15) is 0 Å². The minimum Gasteiger partial charge on any atom is -0.493 e. The van der Waals surface area contributed by atoms with Crippen LogP contribution in [0.2, 0.25) is 0 Å². The second-order valence-corrected chi connectivity index (χ2v) is 6.62. The van der Waals surface area contributed by atoms with E-state index in [2.05, 4.69) is 0 Å². The van der Waals surface area contributed by atoms with Crippen LogP contribution < -0.4 is 19.6 Å². The van der Waals surface area contributed by atoms with Crippen LogP contribution in [-0.2, 0) is 4.79 Å². The third-order valence-electron chi connectivity index (χ3n) is 4.33. The zero-order chi connectivity index (χ0) is 20.5. The van der Waals surface area contributed by atoms with Gasteiger partial charge >= 0.3 is 5.97 Å². The fraction of sp³-hybridized carbons (Fsp3) is 0.238. The fourth-order valence-corrected chi connectivity index (χ4v) is 2.71. The molecule has 0 fully saturated rings. The third-order valence-corrected chi connectivity index (χ3v) is 4.33. The first-order chi connectivity index (χ1) is 13.3. The molecule has 0 saturated carbocycles. The summed E-state index contributed by atoms with van der Waals surface area (Å²) in [6.45, 7) is 2.88. The largest absolute Gasteiger partial charge is 0.493 e. The Bertz CT molecular complexity index is 1100. The second kappa shape index (κ2) is 7.26. The Morgan fingerprint density at radius 1 is 1.04 bits per heavy atom. The number of aliphatic carboxylic acids is 1. The van der Waals surface area contributed by atoms with E-state index in [0.29, 0.717) is 39.3 Å². The van der Waals surface area contributed by atoms with Crippen LogP contribution in [0.4, 0.5) is 0 Å².